The summed E-state index contributed by atoms with van der Waals surface area (Å²) in [5, 5.41) is 0. The Balaban J connectivity index is 1.61. The fourth-order valence-electron chi connectivity index (χ4n) is 2.23. The van der Waals surface area contributed by atoms with E-state index in [0.717, 1.165) is 16.8 Å². The van der Waals surface area contributed by atoms with Crippen LogP contribution in [0.1, 0.15) is 16.8 Å². The molecular weight excluding hydrogens is 312 g/mol. The Morgan fingerprint density at radius 3 is 2.52 bits per heavy atom. The number of nitrogens with zero attached hydrogens (tertiary/aromatic N) is 2. The monoisotopic (exact) mass is 330 g/mol. The average Bonchev–Trinajstić information content (AvgIpc) is 2.94. The molecule has 0 saturated carbocycles. The van der Waals surface area contributed by atoms with Gasteiger partial charge in [0.05, 0.1) is 12.2 Å². The van der Waals surface area contributed by atoms with Crippen LogP contribution in [0.3, 0.4) is 0 Å². The van der Waals surface area contributed by atoms with Gasteiger partial charge >= 0.3 is 0 Å². The second-order valence-electron chi connectivity index (χ2n) is 5.34. The quantitative estimate of drug-likeness (QED) is 0.723. The van der Waals surface area contributed by atoms with Gasteiger partial charge in [-0.05, 0) is 24.1 Å². The molecule has 3 aromatic rings. The van der Waals surface area contributed by atoms with E-state index in [1.807, 2.05) is 66.2 Å². The molecule has 0 aliphatic rings. The van der Waals surface area contributed by atoms with Crippen LogP contribution in [-0.2, 0) is 23.3 Å². The van der Waals surface area contributed by atoms with Crippen molar-refractivity contribution in [3.05, 3.63) is 71.7 Å². The predicted molar refractivity (Wildman–Crippen MR) is 89.0 cm³/mol. The molecule has 120 valence electrons. The molecule has 2 heterocycles. The van der Waals surface area contributed by atoms with Crippen molar-refractivity contribution in [3.63, 3.8) is 0 Å². The van der Waals surface area contributed by atoms with Crippen LogP contribution in [0.2, 0.25) is 0 Å². The Kier molecular flexibility index (Phi) is 4.42. The highest BCUT2D eigenvalue weighted by Gasteiger charge is 2.10. The number of benzene rings is 1. The summed E-state index contributed by atoms with van der Waals surface area (Å²) < 4.78 is 30.9. The number of aryl methyl sites for hydroxylation is 1. The first-order valence-electron chi connectivity index (χ1n) is 7.24. The molecule has 0 unspecified atom stereocenters. The molecular formula is C16H18N4O2S. The van der Waals surface area contributed by atoms with Gasteiger partial charge < -0.3 is 4.40 Å². The first-order chi connectivity index (χ1) is 11.0. The maximum Gasteiger partial charge on any atom is 0.277 e. The number of nitrogens with one attached hydrogen (secondary N) is 2. The van der Waals surface area contributed by atoms with Gasteiger partial charge in [0.25, 0.3) is 10.2 Å². The highest BCUT2D eigenvalue weighted by molar-refractivity contribution is 7.87. The Hall–Kier alpha value is -2.22. The van der Waals surface area contributed by atoms with Gasteiger partial charge in [0.15, 0.2) is 0 Å². The molecule has 0 bridgehead atoms. The van der Waals surface area contributed by atoms with E-state index in [0.29, 0.717) is 5.69 Å². The van der Waals surface area contributed by atoms with Crippen molar-refractivity contribution in [1.82, 2.24) is 18.8 Å². The van der Waals surface area contributed by atoms with Crippen LogP contribution < -0.4 is 9.44 Å². The van der Waals surface area contributed by atoms with Crippen molar-refractivity contribution in [2.75, 3.05) is 0 Å². The molecule has 0 aliphatic carbocycles. The Morgan fingerprint density at radius 1 is 1.00 bits per heavy atom. The largest absolute Gasteiger partial charge is 0.307 e. The molecule has 0 saturated heterocycles. The maximum absolute atomic E-state index is 12.0. The van der Waals surface area contributed by atoms with Gasteiger partial charge in [-0.25, -0.2) is 4.98 Å². The highest BCUT2D eigenvalue weighted by atomic mass is 32.2. The SMILES string of the molecule is Cc1ccc2nc(CNS(=O)(=O)NCc3ccccc3)cn2c1. The third-order valence-corrected chi connectivity index (χ3v) is 4.45. The first-order valence-corrected chi connectivity index (χ1v) is 8.72. The predicted octanol–water partition coefficient (Wildman–Crippen LogP) is 1.77. The van der Waals surface area contributed by atoms with E-state index >= 15 is 0 Å². The summed E-state index contributed by atoms with van der Waals surface area (Å²) in [6.45, 7) is 2.39. The van der Waals surface area contributed by atoms with Crippen LogP contribution in [0.25, 0.3) is 5.65 Å². The first kappa shape index (κ1) is 15.7. The van der Waals surface area contributed by atoms with Gasteiger partial charge in [-0.3, -0.25) is 0 Å². The minimum atomic E-state index is -3.57. The molecule has 0 aliphatic heterocycles. The van der Waals surface area contributed by atoms with Crippen LogP contribution in [0.5, 0.6) is 0 Å². The summed E-state index contributed by atoms with van der Waals surface area (Å²) in [5.74, 6) is 0. The molecule has 2 aromatic heterocycles. The molecule has 0 amide bonds. The van der Waals surface area contributed by atoms with Crippen molar-refractivity contribution in [1.29, 1.82) is 0 Å². The zero-order valence-electron chi connectivity index (χ0n) is 12.7. The molecule has 0 fully saturated rings. The number of fused-ring (bicyclic) bond motifs is 1. The number of aromatic nitrogens is 2. The molecule has 0 spiro atoms. The fourth-order valence-corrected chi connectivity index (χ4v) is 3.03. The van der Waals surface area contributed by atoms with Crippen molar-refractivity contribution >= 4 is 15.9 Å². The van der Waals surface area contributed by atoms with Crippen molar-refractivity contribution in [2.45, 2.75) is 20.0 Å². The second-order valence-corrected chi connectivity index (χ2v) is 6.92. The third kappa shape index (κ3) is 4.16. The number of imidazole rings is 1. The van der Waals surface area contributed by atoms with Crippen LogP contribution in [0, 0.1) is 6.92 Å². The van der Waals surface area contributed by atoms with Gasteiger partial charge in [-0.2, -0.15) is 17.9 Å². The zero-order chi connectivity index (χ0) is 16.3. The van der Waals surface area contributed by atoms with E-state index in [1.165, 1.54) is 0 Å². The molecule has 0 atom stereocenters. The summed E-state index contributed by atoms with van der Waals surface area (Å²) in [7, 11) is -3.57. The summed E-state index contributed by atoms with van der Waals surface area (Å²) in [5.41, 5.74) is 3.48. The number of rotatable bonds is 6. The molecule has 23 heavy (non-hydrogen) atoms. The van der Waals surface area contributed by atoms with Gasteiger partial charge in [0.2, 0.25) is 0 Å². The normalized spacial score (nSPS) is 11.9. The summed E-state index contributed by atoms with van der Waals surface area (Å²) in [6, 6.07) is 13.2. The van der Waals surface area contributed by atoms with E-state index in [-0.39, 0.29) is 13.1 Å². The van der Waals surface area contributed by atoms with Crippen LogP contribution in [-0.4, -0.2) is 17.8 Å². The van der Waals surface area contributed by atoms with Gasteiger partial charge in [-0.1, -0.05) is 36.4 Å². The van der Waals surface area contributed by atoms with E-state index in [9.17, 15) is 8.42 Å². The molecule has 6 nitrogen and oxygen atoms in total. The molecule has 2 N–H and O–H groups in total. The van der Waals surface area contributed by atoms with Crippen molar-refractivity contribution < 1.29 is 8.42 Å². The smallest absolute Gasteiger partial charge is 0.277 e. The topological polar surface area (TPSA) is 75.5 Å². The van der Waals surface area contributed by atoms with Gasteiger partial charge in [0.1, 0.15) is 5.65 Å². The van der Waals surface area contributed by atoms with E-state index < -0.39 is 10.2 Å². The molecule has 3 rings (SSSR count). The number of hydrogen-bond acceptors (Lipinski definition) is 3. The number of hydrogen-bond donors (Lipinski definition) is 2. The maximum atomic E-state index is 12.0. The third-order valence-electron chi connectivity index (χ3n) is 3.40. The van der Waals surface area contributed by atoms with Gasteiger partial charge in [-0.15, -0.1) is 0 Å². The fraction of sp³-hybridized carbons (Fsp3) is 0.188. The highest BCUT2D eigenvalue weighted by Crippen LogP contribution is 2.07. The van der Waals surface area contributed by atoms with Crippen LogP contribution >= 0.6 is 0 Å². The standard InChI is InChI=1S/C16H18N4O2S/c1-13-7-8-16-19-15(12-20(16)11-13)10-18-23(21,22)17-9-14-5-3-2-4-6-14/h2-8,11-12,17-18H,9-10H2,1H3. The summed E-state index contributed by atoms with van der Waals surface area (Å²) >= 11 is 0. The molecule has 0 radical (unpaired) electrons. The minimum Gasteiger partial charge on any atom is -0.307 e. The summed E-state index contributed by atoms with van der Waals surface area (Å²) in [6.07, 6.45) is 3.77. The van der Waals surface area contributed by atoms with Crippen LogP contribution in [0.15, 0.2) is 54.9 Å². The van der Waals surface area contributed by atoms with E-state index in [4.69, 9.17) is 0 Å². The number of pyridine rings is 1. The van der Waals surface area contributed by atoms with Crippen LogP contribution in [0.4, 0.5) is 0 Å². The lowest BCUT2D eigenvalue weighted by Gasteiger charge is -2.07. The lowest BCUT2D eigenvalue weighted by atomic mass is 10.2. The van der Waals surface area contributed by atoms with E-state index in [2.05, 4.69) is 14.4 Å². The zero-order valence-corrected chi connectivity index (χ0v) is 13.5. The van der Waals surface area contributed by atoms with Crippen molar-refractivity contribution in [2.24, 2.45) is 0 Å². The lowest BCUT2D eigenvalue weighted by molar-refractivity contribution is 0.565. The average molecular weight is 330 g/mol. The lowest BCUT2D eigenvalue weighted by Crippen LogP contribution is -2.35. The Bertz CT molecular complexity index is 904. The summed E-state index contributed by atoms with van der Waals surface area (Å²) in [4.78, 5) is 4.38. The molecule has 7 heteroatoms. The molecule has 1 aromatic carbocycles. The van der Waals surface area contributed by atoms with Gasteiger partial charge in [0, 0.05) is 18.9 Å². The van der Waals surface area contributed by atoms with E-state index in [1.54, 1.807) is 0 Å². The Morgan fingerprint density at radius 2 is 1.74 bits per heavy atom. The Labute approximate surface area is 135 Å². The minimum absolute atomic E-state index is 0.144. The second kappa shape index (κ2) is 6.49. The van der Waals surface area contributed by atoms with Crippen molar-refractivity contribution in [3.8, 4) is 0 Å².